The van der Waals surface area contributed by atoms with Crippen LogP contribution in [0, 0.1) is 5.92 Å². The molecule has 0 atom stereocenters. The molecule has 0 radical (unpaired) electrons. The number of carbonyl (C=O) groups is 3. The van der Waals surface area contributed by atoms with Crippen LogP contribution in [0.15, 0.2) is 30.3 Å². The summed E-state index contributed by atoms with van der Waals surface area (Å²) in [5.74, 6) is -0.984. The van der Waals surface area contributed by atoms with Crippen molar-refractivity contribution >= 4 is 23.5 Å². The zero-order valence-electron chi connectivity index (χ0n) is 20.0. The Hall–Kier alpha value is -3.16. The van der Waals surface area contributed by atoms with Crippen molar-refractivity contribution in [2.45, 2.75) is 70.8 Å². The zero-order valence-corrected chi connectivity index (χ0v) is 20.0. The van der Waals surface area contributed by atoms with Gasteiger partial charge in [0.25, 0.3) is 5.91 Å². The molecule has 1 aliphatic carbocycles. The van der Waals surface area contributed by atoms with Gasteiger partial charge in [0.1, 0.15) is 11.2 Å². The quantitative estimate of drug-likeness (QED) is 0.584. The average molecular weight is 455 g/mol. The highest BCUT2D eigenvalue weighted by Crippen LogP contribution is 2.36. The van der Waals surface area contributed by atoms with Crippen LogP contribution < -0.4 is 10.6 Å². The molecule has 0 aliphatic heterocycles. The van der Waals surface area contributed by atoms with Gasteiger partial charge in [-0.2, -0.15) is 5.10 Å². The van der Waals surface area contributed by atoms with Gasteiger partial charge in [0.15, 0.2) is 0 Å². The summed E-state index contributed by atoms with van der Waals surface area (Å²) >= 11 is 0. The highest BCUT2D eigenvalue weighted by molar-refractivity contribution is 6.03. The lowest BCUT2D eigenvalue weighted by atomic mass is 9.78. The molecule has 2 amide bonds. The first-order valence-corrected chi connectivity index (χ1v) is 11.5. The standard InChI is InChI=1S/C25H34N4O4/c1-15(2)20-14-21(29(5)28-20)23(31)26-19-12-10-17(11-13-19)16-6-8-18(9-7-16)22(30)27-25(3,4)24(32)33/h10-16,18H,6-9H2,1-5H3,(H,26,31)(H,27,30)(H,32,33)/t16-,18+. The summed E-state index contributed by atoms with van der Waals surface area (Å²) in [4.78, 5) is 36.4. The van der Waals surface area contributed by atoms with Gasteiger partial charge >= 0.3 is 5.97 Å². The molecule has 8 nitrogen and oxygen atoms in total. The number of hydrogen-bond acceptors (Lipinski definition) is 4. The second-order valence-electron chi connectivity index (χ2n) is 9.78. The molecule has 0 spiro atoms. The molecular formula is C25H34N4O4. The predicted octanol–water partition coefficient (Wildman–Crippen LogP) is 4.05. The van der Waals surface area contributed by atoms with Crippen molar-refractivity contribution in [1.29, 1.82) is 0 Å². The average Bonchev–Trinajstić information content (AvgIpc) is 3.16. The monoisotopic (exact) mass is 454 g/mol. The molecule has 1 aromatic heterocycles. The van der Waals surface area contributed by atoms with Gasteiger partial charge in [-0.25, -0.2) is 4.79 Å². The van der Waals surface area contributed by atoms with E-state index in [4.69, 9.17) is 0 Å². The number of carboxylic acid groups (broad SMARTS) is 1. The van der Waals surface area contributed by atoms with E-state index in [0.717, 1.165) is 37.1 Å². The van der Waals surface area contributed by atoms with Crippen LogP contribution in [0.25, 0.3) is 0 Å². The highest BCUT2D eigenvalue weighted by atomic mass is 16.4. The van der Waals surface area contributed by atoms with Gasteiger partial charge in [0.2, 0.25) is 5.91 Å². The molecule has 1 aromatic carbocycles. The molecule has 1 aliphatic rings. The van der Waals surface area contributed by atoms with Crippen LogP contribution in [-0.2, 0) is 16.6 Å². The largest absolute Gasteiger partial charge is 0.480 e. The lowest BCUT2D eigenvalue weighted by molar-refractivity contribution is -0.146. The predicted molar refractivity (Wildman–Crippen MR) is 126 cm³/mol. The summed E-state index contributed by atoms with van der Waals surface area (Å²) in [6, 6.07) is 9.68. The topological polar surface area (TPSA) is 113 Å². The summed E-state index contributed by atoms with van der Waals surface area (Å²) in [5.41, 5.74) is 2.04. The third kappa shape index (κ3) is 5.80. The maximum absolute atomic E-state index is 12.7. The van der Waals surface area contributed by atoms with Gasteiger partial charge < -0.3 is 15.7 Å². The first-order chi connectivity index (χ1) is 15.5. The molecule has 1 fully saturated rings. The summed E-state index contributed by atoms with van der Waals surface area (Å²) in [5, 5.41) is 19.2. The number of nitrogens with zero attached hydrogens (tertiary/aromatic N) is 2. The molecule has 1 heterocycles. The number of amides is 2. The van der Waals surface area contributed by atoms with E-state index in [1.807, 2.05) is 44.2 Å². The van der Waals surface area contributed by atoms with Crippen LogP contribution in [0.4, 0.5) is 5.69 Å². The maximum atomic E-state index is 12.7. The number of rotatable bonds is 7. The minimum absolute atomic E-state index is 0.159. The van der Waals surface area contributed by atoms with Crippen LogP contribution in [0.2, 0.25) is 0 Å². The number of aryl methyl sites for hydroxylation is 1. The molecule has 0 bridgehead atoms. The molecule has 3 rings (SSSR count). The SMILES string of the molecule is CC(C)c1cc(C(=O)Nc2ccc([C@H]3CC[C@@H](C(=O)NC(C)(C)C(=O)O)CC3)cc2)n(C)n1. The Morgan fingerprint density at radius 2 is 1.70 bits per heavy atom. The van der Waals surface area contributed by atoms with Gasteiger partial charge in [0.05, 0.1) is 5.69 Å². The van der Waals surface area contributed by atoms with Crippen LogP contribution in [-0.4, -0.2) is 38.2 Å². The summed E-state index contributed by atoms with van der Waals surface area (Å²) in [6.45, 7) is 7.08. The third-order valence-electron chi connectivity index (χ3n) is 6.43. The van der Waals surface area contributed by atoms with Crippen molar-refractivity contribution in [3.63, 3.8) is 0 Å². The zero-order chi connectivity index (χ0) is 24.3. The lowest BCUT2D eigenvalue weighted by Crippen LogP contribution is -2.51. The molecular weight excluding hydrogens is 420 g/mol. The second kappa shape index (κ2) is 9.77. The number of aromatic nitrogens is 2. The summed E-state index contributed by atoms with van der Waals surface area (Å²) in [7, 11) is 1.77. The van der Waals surface area contributed by atoms with Crippen molar-refractivity contribution in [3.05, 3.63) is 47.3 Å². The Bertz CT molecular complexity index is 1020. The van der Waals surface area contributed by atoms with Crippen LogP contribution in [0.1, 0.15) is 87.0 Å². The van der Waals surface area contributed by atoms with Gasteiger partial charge in [-0.1, -0.05) is 26.0 Å². The van der Waals surface area contributed by atoms with Gasteiger partial charge in [-0.05, 0) is 75.1 Å². The number of aliphatic carboxylic acids is 1. The van der Waals surface area contributed by atoms with E-state index in [0.29, 0.717) is 11.6 Å². The van der Waals surface area contributed by atoms with Crippen molar-refractivity contribution in [1.82, 2.24) is 15.1 Å². The minimum atomic E-state index is -1.26. The second-order valence-corrected chi connectivity index (χ2v) is 9.78. The Morgan fingerprint density at radius 3 is 2.21 bits per heavy atom. The maximum Gasteiger partial charge on any atom is 0.328 e. The van der Waals surface area contributed by atoms with E-state index < -0.39 is 11.5 Å². The van der Waals surface area contributed by atoms with E-state index in [2.05, 4.69) is 15.7 Å². The molecule has 33 heavy (non-hydrogen) atoms. The summed E-state index contributed by atoms with van der Waals surface area (Å²) in [6.07, 6.45) is 3.18. The molecule has 0 saturated heterocycles. The molecule has 2 aromatic rings. The third-order valence-corrected chi connectivity index (χ3v) is 6.43. The molecule has 1 saturated carbocycles. The molecule has 8 heteroatoms. The van der Waals surface area contributed by atoms with E-state index in [1.54, 1.807) is 11.7 Å². The smallest absolute Gasteiger partial charge is 0.328 e. The highest BCUT2D eigenvalue weighted by Gasteiger charge is 2.33. The van der Waals surface area contributed by atoms with Crippen LogP contribution >= 0.6 is 0 Å². The Morgan fingerprint density at radius 1 is 1.09 bits per heavy atom. The van der Waals surface area contributed by atoms with Crippen molar-refractivity contribution in [2.24, 2.45) is 13.0 Å². The van der Waals surface area contributed by atoms with E-state index in [9.17, 15) is 19.5 Å². The van der Waals surface area contributed by atoms with Gasteiger partial charge in [0, 0.05) is 18.7 Å². The van der Waals surface area contributed by atoms with Crippen LogP contribution in [0.5, 0.6) is 0 Å². The first kappa shape index (κ1) is 24.5. The number of carboxylic acids is 1. The van der Waals surface area contributed by atoms with E-state index >= 15 is 0 Å². The number of nitrogens with one attached hydrogen (secondary N) is 2. The lowest BCUT2D eigenvalue weighted by Gasteiger charge is -2.30. The van der Waals surface area contributed by atoms with Crippen molar-refractivity contribution in [2.75, 3.05) is 5.32 Å². The van der Waals surface area contributed by atoms with Crippen molar-refractivity contribution in [3.8, 4) is 0 Å². The number of anilines is 1. The fraction of sp³-hybridized carbons (Fsp3) is 0.520. The van der Waals surface area contributed by atoms with E-state index in [1.165, 1.54) is 19.4 Å². The Kier molecular flexibility index (Phi) is 7.25. The fourth-order valence-electron chi connectivity index (χ4n) is 4.17. The fourth-order valence-corrected chi connectivity index (χ4v) is 4.17. The first-order valence-electron chi connectivity index (χ1n) is 11.5. The van der Waals surface area contributed by atoms with Gasteiger partial charge in [-0.15, -0.1) is 0 Å². The Balaban J connectivity index is 1.55. The Labute approximate surface area is 194 Å². The number of hydrogen-bond donors (Lipinski definition) is 3. The molecule has 178 valence electrons. The number of carbonyl (C=O) groups excluding carboxylic acids is 2. The van der Waals surface area contributed by atoms with Crippen LogP contribution in [0.3, 0.4) is 0 Å². The molecule has 0 unspecified atom stereocenters. The normalized spacial score (nSPS) is 18.7. The molecule has 3 N–H and O–H groups in total. The van der Waals surface area contributed by atoms with E-state index in [-0.39, 0.29) is 23.7 Å². The van der Waals surface area contributed by atoms with Gasteiger partial charge in [-0.3, -0.25) is 14.3 Å². The van der Waals surface area contributed by atoms with Crippen molar-refractivity contribution < 1.29 is 19.5 Å². The number of benzene rings is 1. The summed E-state index contributed by atoms with van der Waals surface area (Å²) < 4.78 is 1.60. The minimum Gasteiger partial charge on any atom is -0.480 e.